The van der Waals surface area contributed by atoms with Crippen LogP contribution in [0.5, 0.6) is 0 Å². The number of likely N-dealkylation sites (N-methyl/N-ethyl adjacent to an activating group) is 1. The van der Waals surface area contributed by atoms with Crippen LogP contribution in [0.15, 0.2) is 24.3 Å². The van der Waals surface area contributed by atoms with E-state index in [0.29, 0.717) is 28.6 Å². The van der Waals surface area contributed by atoms with Gasteiger partial charge in [0.15, 0.2) is 0 Å². The van der Waals surface area contributed by atoms with Gasteiger partial charge in [0, 0.05) is 26.1 Å². The maximum absolute atomic E-state index is 11.9. The van der Waals surface area contributed by atoms with Crippen LogP contribution in [0.25, 0.3) is 6.08 Å². The first-order valence-electron chi connectivity index (χ1n) is 6.39. The number of nitrogens with zero attached hydrogens (tertiary/aromatic N) is 1. The summed E-state index contributed by atoms with van der Waals surface area (Å²) in [6.07, 6.45) is 3.89. The Bertz CT molecular complexity index is 544. The molecule has 1 aromatic carbocycles. The van der Waals surface area contributed by atoms with E-state index in [1.807, 2.05) is 0 Å². The minimum atomic E-state index is -0.280. The van der Waals surface area contributed by atoms with Crippen LogP contribution < -0.4 is 0 Å². The van der Waals surface area contributed by atoms with Gasteiger partial charge in [-0.05, 0) is 24.1 Å². The van der Waals surface area contributed by atoms with Gasteiger partial charge in [-0.1, -0.05) is 35.3 Å². The van der Waals surface area contributed by atoms with Crippen LogP contribution in [0, 0.1) is 0 Å². The summed E-state index contributed by atoms with van der Waals surface area (Å²) < 4.78 is 4.54. The lowest BCUT2D eigenvalue weighted by Crippen LogP contribution is -2.26. The molecule has 0 aliphatic rings. The van der Waals surface area contributed by atoms with Crippen LogP contribution in [0.1, 0.15) is 18.4 Å². The molecule has 1 amide bonds. The molecule has 21 heavy (non-hydrogen) atoms. The summed E-state index contributed by atoms with van der Waals surface area (Å²) in [5.74, 6) is -0.451. The topological polar surface area (TPSA) is 46.6 Å². The summed E-state index contributed by atoms with van der Waals surface area (Å²) >= 11 is 11.9. The highest BCUT2D eigenvalue weighted by atomic mass is 35.5. The van der Waals surface area contributed by atoms with E-state index < -0.39 is 0 Å². The lowest BCUT2D eigenvalue weighted by atomic mass is 10.2. The molecule has 0 aliphatic carbocycles. The van der Waals surface area contributed by atoms with E-state index in [-0.39, 0.29) is 18.3 Å². The van der Waals surface area contributed by atoms with Crippen molar-refractivity contribution in [2.75, 3.05) is 20.7 Å². The molecule has 114 valence electrons. The summed E-state index contributed by atoms with van der Waals surface area (Å²) in [6, 6.07) is 5.22. The molecule has 0 unspecified atom stereocenters. The number of carbonyl (C=O) groups is 2. The fraction of sp³-hybridized carbons (Fsp3) is 0.333. The Balaban J connectivity index is 2.53. The maximum atomic E-state index is 11.9. The van der Waals surface area contributed by atoms with Crippen LogP contribution in [0.3, 0.4) is 0 Å². The molecule has 4 nitrogen and oxygen atoms in total. The van der Waals surface area contributed by atoms with Gasteiger partial charge in [0.1, 0.15) is 0 Å². The van der Waals surface area contributed by atoms with Gasteiger partial charge in [-0.2, -0.15) is 0 Å². The molecule has 0 radical (unpaired) electrons. The number of halogens is 2. The molecule has 0 bridgehead atoms. The lowest BCUT2D eigenvalue weighted by Gasteiger charge is -2.14. The first kappa shape index (κ1) is 17.5. The van der Waals surface area contributed by atoms with Crippen molar-refractivity contribution in [3.05, 3.63) is 39.9 Å². The molecule has 0 fully saturated rings. The average Bonchev–Trinajstić information content (AvgIpc) is 2.48. The lowest BCUT2D eigenvalue weighted by molar-refractivity contribution is -0.141. The van der Waals surface area contributed by atoms with Crippen molar-refractivity contribution in [3.8, 4) is 0 Å². The standard InChI is InChI=1S/C15H17Cl2NO3/c1-18(10-4-7-14(20)21-2)13(19)9-8-11-5-3-6-12(16)15(11)17/h3,5-6,8-9H,4,7,10H2,1-2H3. The number of rotatable bonds is 6. The van der Waals surface area contributed by atoms with E-state index >= 15 is 0 Å². The number of methoxy groups -OCH3 is 1. The van der Waals surface area contributed by atoms with Crippen molar-refractivity contribution >= 4 is 41.2 Å². The molecule has 0 saturated carbocycles. The van der Waals surface area contributed by atoms with Crippen molar-refractivity contribution in [3.63, 3.8) is 0 Å². The first-order chi connectivity index (χ1) is 9.95. The van der Waals surface area contributed by atoms with Crippen molar-refractivity contribution in [2.24, 2.45) is 0 Å². The molecular weight excluding hydrogens is 313 g/mol. The molecule has 0 saturated heterocycles. The SMILES string of the molecule is COC(=O)CCCN(C)C(=O)C=Cc1cccc(Cl)c1Cl. The fourth-order valence-corrected chi connectivity index (χ4v) is 1.98. The van der Waals surface area contributed by atoms with Crippen molar-refractivity contribution < 1.29 is 14.3 Å². The van der Waals surface area contributed by atoms with E-state index in [1.165, 1.54) is 18.1 Å². The van der Waals surface area contributed by atoms with Gasteiger partial charge in [-0.15, -0.1) is 0 Å². The highest BCUT2D eigenvalue weighted by Gasteiger charge is 2.07. The second kappa shape index (κ2) is 8.70. The first-order valence-corrected chi connectivity index (χ1v) is 7.15. The molecule has 1 rings (SSSR count). The molecule has 0 N–H and O–H groups in total. The van der Waals surface area contributed by atoms with E-state index in [9.17, 15) is 9.59 Å². The number of amides is 1. The number of ether oxygens (including phenoxy) is 1. The number of carbonyl (C=O) groups excluding carboxylic acids is 2. The highest BCUT2D eigenvalue weighted by molar-refractivity contribution is 6.42. The Labute approximate surface area is 134 Å². The molecule has 0 heterocycles. The minimum absolute atomic E-state index is 0.170. The van der Waals surface area contributed by atoms with Crippen molar-refractivity contribution in [1.82, 2.24) is 4.90 Å². The summed E-state index contributed by atoms with van der Waals surface area (Å²) in [4.78, 5) is 24.4. The monoisotopic (exact) mass is 329 g/mol. The largest absolute Gasteiger partial charge is 0.469 e. The minimum Gasteiger partial charge on any atom is -0.469 e. The third kappa shape index (κ3) is 5.78. The maximum Gasteiger partial charge on any atom is 0.305 e. The Morgan fingerprint density at radius 1 is 1.33 bits per heavy atom. The summed E-state index contributed by atoms with van der Waals surface area (Å²) in [5.41, 5.74) is 0.681. The van der Waals surface area contributed by atoms with Gasteiger partial charge in [-0.3, -0.25) is 9.59 Å². The zero-order chi connectivity index (χ0) is 15.8. The Hall–Kier alpha value is -1.52. The zero-order valence-corrected chi connectivity index (χ0v) is 13.4. The quantitative estimate of drug-likeness (QED) is 0.593. The van der Waals surface area contributed by atoms with E-state index in [4.69, 9.17) is 23.2 Å². The molecular formula is C15H17Cl2NO3. The van der Waals surface area contributed by atoms with Crippen LogP contribution in [-0.2, 0) is 14.3 Å². The smallest absolute Gasteiger partial charge is 0.305 e. The van der Waals surface area contributed by atoms with E-state index in [2.05, 4.69) is 4.74 Å². The molecule has 0 atom stereocenters. The zero-order valence-electron chi connectivity index (χ0n) is 11.9. The van der Waals surface area contributed by atoms with Gasteiger partial charge >= 0.3 is 5.97 Å². The average molecular weight is 330 g/mol. The number of esters is 1. The van der Waals surface area contributed by atoms with Gasteiger partial charge in [0.2, 0.25) is 5.91 Å². The van der Waals surface area contributed by atoms with Crippen molar-refractivity contribution in [2.45, 2.75) is 12.8 Å². The van der Waals surface area contributed by atoms with Crippen LogP contribution in [0.2, 0.25) is 10.0 Å². The molecule has 1 aromatic rings. The fourth-order valence-electron chi connectivity index (χ4n) is 1.61. The summed E-state index contributed by atoms with van der Waals surface area (Å²) in [6.45, 7) is 0.474. The van der Waals surface area contributed by atoms with E-state index in [0.717, 1.165) is 0 Å². The Morgan fingerprint density at radius 3 is 2.71 bits per heavy atom. The van der Waals surface area contributed by atoms with Gasteiger partial charge in [0.25, 0.3) is 0 Å². The number of hydrogen-bond donors (Lipinski definition) is 0. The van der Waals surface area contributed by atoms with E-state index in [1.54, 1.807) is 31.3 Å². The van der Waals surface area contributed by atoms with Gasteiger partial charge < -0.3 is 9.64 Å². The van der Waals surface area contributed by atoms with Gasteiger partial charge in [-0.25, -0.2) is 0 Å². The summed E-state index contributed by atoms with van der Waals surface area (Å²) in [7, 11) is 3.01. The van der Waals surface area contributed by atoms with Crippen LogP contribution >= 0.6 is 23.2 Å². The molecule has 6 heteroatoms. The molecule has 0 aromatic heterocycles. The second-order valence-electron chi connectivity index (χ2n) is 4.42. The second-order valence-corrected chi connectivity index (χ2v) is 5.20. The predicted octanol–water partition coefficient (Wildman–Crippen LogP) is 3.42. The Morgan fingerprint density at radius 2 is 2.05 bits per heavy atom. The molecule has 0 aliphatic heterocycles. The Kier molecular flexibility index (Phi) is 7.26. The summed E-state index contributed by atoms with van der Waals surface area (Å²) in [5, 5.41) is 0.856. The van der Waals surface area contributed by atoms with Crippen LogP contribution in [0.4, 0.5) is 0 Å². The third-order valence-electron chi connectivity index (χ3n) is 2.87. The van der Waals surface area contributed by atoms with Crippen LogP contribution in [-0.4, -0.2) is 37.5 Å². The van der Waals surface area contributed by atoms with Crippen molar-refractivity contribution in [1.29, 1.82) is 0 Å². The van der Waals surface area contributed by atoms with Gasteiger partial charge in [0.05, 0.1) is 17.2 Å². The highest BCUT2D eigenvalue weighted by Crippen LogP contribution is 2.26. The predicted molar refractivity (Wildman–Crippen MR) is 84.4 cm³/mol. The number of hydrogen-bond acceptors (Lipinski definition) is 3. The normalized spacial score (nSPS) is 10.7. The molecule has 0 spiro atoms. The number of benzene rings is 1. The third-order valence-corrected chi connectivity index (χ3v) is 3.70.